The van der Waals surface area contributed by atoms with Gasteiger partial charge < -0.3 is 4.74 Å². The fourth-order valence-corrected chi connectivity index (χ4v) is 3.49. The van der Waals surface area contributed by atoms with Gasteiger partial charge in [0.15, 0.2) is 0 Å². The first-order valence-electron chi connectivity index (χ1n) is 7.49. The molecule has 0 aromatic heterocycles. The van der Waals surface area contributed by atoms with Crippen LogP contribution in [0.5, 0.6) is 5.75 Å². The molecule has 0 saturated carbocycles. The van der Waals surface area contributed by atoms with Crippen molar-refractivity contribution < 1.29 is 9.57 Å². The number of nitrogens with zero attached hydrogens (tertiary/aromatic N) is 1. The number of piperidine rings is 1. The average Bonchev–Trinajstić information content (AvgIpc) is 3.16. The lowest BCUT2D eigenvalue weighted by Gasteiger charge is -2.29. The molecule has 3 heteroatoms. The minimum Gasteiger partial charge on any atom is -0.497 e. The van der Waals surface area contributed by atoms with E-state index in [0.717, 1.165) is 18.6 Å². The minimum atomic E-state index is 0.347. The maximum absolute atomic E-state index is 6.06. The molecule has 2 heterocycles. The third kappa shape index (κ3) is 2.23. The summed E-state index contributed by atoms with van der Waals surface area (Å²) < 4.78 is 5.24. The standard InChI is InChI=1S/C18H19NO2/c1-20-15-9-7-14(8-10-15)18-12-16-11-17(19(18)21-16)13-5-3-2-4-6-13/h2-10,16-18H,11-12H2,1H3/t16-,17-,18+/m0/s1. The maximum Gasteiger partial charge on any atom is 0.118 e. The Balaban J connectivity index is 1.60. The van der Waals surface area contributed by atoms with Crippen molar-refractivity contribution in [1.82, 2.24) is 5.06 Å². The smallest absolute Gasteiger partial charge is 0.118 e. The topological polar surface area (TPSA) is 21.7 Å². The first-order valence-corrected chi connectivity index (χ1v) is 7.49. The number of ether oxygens (including phenoxy) is 1. The quantitative estimate of drug-likeness (QED) is 0.852. The van der Waals surface area contributed by atoms with Gasteiger partial charge in [-0.25, -0.2) is 0 Å². The molecule has 2 saturated heterocycles. The second kappa shape index (κ2) is 5.17. The fourth-order valence-electron chi connectivity index (χ4n) is 3.49. The van der Waals surface area contributed by atoms with Crippen LogP contribution < -0.4 is 4.74 Å². The molecule has 2 fully saturated rings. The first kappa shape index (κ1) is 12.9. The minimum absolute atomic E-state index is 0.347. The van der Waals surface area contributed by atoms with Gasteiger partial charge in [-0.3, -0.25) is 4.84 Å². The molecule has 4 atom stereocenters. The Bertz CT molecular complexity index is 611. The van der Waals surface area contributed by atoms with Gasteiger partial charge in [0.05, 0.1) is 25.3 Å². The van der Waals surface area contributed by atoms with E-state index in [9.17, 15) is 0 Å². The van der Waals surface area contributed by atoms with Crippen LogP contribution in [0.4, 0.5) is 0 Å². The van der Waals surface area contributed by atoms with E-state index in [1.807, 2.05) is 12.1 Å². The molecule has 1 unspecified atom stereocenters. The monoisotopic (exact) mass is 281 g/mol. The van der Waals surface area contributed by atoms with Crippen LogP contribution in [0.3, 0.4) is 0 Å². The number of fused-ring (bicyclic) bond motifs is 2. The van der Waals surface area contributed by atoms with E-state index in [1.165, 1.54) is 11.1 Å². The van der Waals surface area contributed by atoms with E-state index in [2.05, 4.69) is 47.5 Å². The van der Waals surface area contributed by atoms with Crippen LogP contribution in [0.1, 0.15) is 36.1 Å². The van der Waals surface area contributed by atoms with Crippen LogP contribution in [0, 0.1) is 0 Å². The molecule has 4 rings (SSSR count). The maximum atomic E-state index is 6.06. The second-order valence-electron chi connectivity index (χ2n) is 5.77. The molecule has 0 spiro atoms. The largest absolute Gasteiger partial charge is 0.497 e. The summed E-state index contributed by atoms with van der Waals surface area (Å²) in [6, 6.07) is 19.7. The summed E-state index contributed by atoms with van der Waals surface area (Å²) in [6.07, 6.45) is 2.52. The van der Waals surface area contributed by atoms with Crippen molar-refractivity contribution in [2.75, 3.05) is 7.11 Å². The zero-order valence-corrected chi connectivity index (χ0v) is 12.1. The molecule has 0 radical (unpaired) electrons. The van der Waals surface area contributed by atoms with Crippen molar-refractivity contribution in [2.45, 2.75) is 31.0 Å². The van der Waals surface area contributed by atoms with Gasteiger partial charge in [0, 0.05) is 0 Å². The van der Waals surface area contributed by atoms with E-state index < -0.39 is 0 Å². The Labute approximate surface area is 125 Å². The van der Waals surface area contributed by atoms with Crippen LogP contribution in [-0.4, -0.2) is 18.3 Å². The summed E-state index contributed by atoms with van der Waals surface area (Å²) in [4.78, 5) is 6.06. The Morgan fingerprint density at radius 3 is 2.10 bits per heavy atom. The Hall–Kier alpha value is -1.84. The SMILES string of the molecule is COc1ccc([C@H]2C[C@@H]3C[C@@H](c4ccccc4)N2O3)cc1. The van der Waals surface area contributed by atoms with Crippen LogP contribution in [0.2, 0.25) is 0 Å². The van der Waals surface area contributed by atoms with Crippen LogP contribution in [0.15, 0.2) is 54.6 Å². The van der Waals surface area contributed by atoms with Crippen LogP contribution in [0.25, 0.3) is 0 Å². The highest BCUT2D eigenvalue weighted by Crippen LogP contribution is 2.49. The number of hydrogen-bond donors (Lipinski definition) is 0. The molecule has 2 aliphatic rings. The summed E-state index contributed by atoms with van der Waals surface area (Å²) in [7, 11) is 1.70. The molecule has 0 aliphatic carbocycles. The summed E-state index contributed by atoms with van der Waals surface area (Å²) in [5.41, 5.74) is 2.65. The molecule has 0 N–H and O–H groups in total. The third-order valence-electron chi connectivity index (χ3n) is 4.54. The average molecular weight is 281 g/mol. The number of benzene rings is 2. The number of rotatable bonds is 3. The molecular formula is C18H19NO2. The summed E-state index contributed by atoms with van der Waals surface area (Å²) in [5.74, 6) is 0.900. The van der Waals surface area contributed by atoms with Gasteiger partial charge in [-0.15, -0.1) is 0 Å². The lowest BCUT2D eigenvalue weighted by molar-refractivity contribution is -0.136. The summed E-state index contributed by atoms with van der Waals surface area (Å²) in [5, 5.41) is 2.20. The highest BCUT2D eigenvalue weighted by molar-refractivity contribution is 5.31. The third-order valence-corrected chi connectivity index (χ3v) is 4.54. The molecule has 2 aliphatic heterocycles. The van der Waals surface area contributed by atoms with Gasteiger partial charge in [-0.05, 0) is 36.1 Å². The van der Waals surface area contributed by atoms with Crippen molar-refractivity contribution in [2.24, 2.45) is 0 Å². The molecular weight excluding hydrogens is 262 g/mol. The van der Waals surface area contributed by atoms with Gasteiger partial charge in [0.2, 0.25) is 0 Å². The highest BCUT2D eigenvalue weighted by atomic mass is 16.7. The van der Waals surface area contributed by atoms with Gasteiger partial charge in [-0.1, -0.05) is 42.5 Å². The zero-order valence-electron chi connectivity index (χ0n) is 12.1. The number of methoxy groups -OCH3 is 1. The number of hydroxylamine groups is 2. The van der Waals surface area contributed by atoms with Crippen molar-refractivity contribution >= 4 is 0 Å². The van der Waals surface area contributed by atoms with E-state index in [0.29, 0.717) is 18.2 Å². The van der Waals surface area contributed by atoms with Crippen LogP contribution in [-0.2, 0) is 4.84 Å². The van der Waals surface area contributed by atoms with Crippen molar-refractivity contribution in [1.29, 1.82) is 0 Å². The summed E-state index contributed by atoms with van der Waals surface area (Å²) in [6.45, 7) is 0. The van der Waals surface area contributed by atoms with Crippen LogP contribution >= 0.6 is 0 Å². The highest BCUT2D eigenvalue weighted by Gasteiger charge is 2.46. The Morgan fingerprint density at radius 1 is 0.905 bits per heavy atom. The molecule has 2 bridgehead atoms. The number of hydrogen-bond acceptors (Lipinski definition) is 3. The van der Waals surface area contributed by atoms with Crippen molar-refractivity contribution in [3.63, 3.8) is 0 Å². The normalized spacial score (nSPS) is 30.5. The van der Waals surface area contributed by atoms with Gasteiger partial charge >= 0.3 is 0 Å². The molecule has 2 aromatic rings. The van der Waals surface area contributed by atoms with E-state index in [4.69, 9.17) is 9.57 Å². The van der Waals surface area contributed by atoms with Gasteiger partial charge in [0.25, 0.3) is 0 Å². The lowest BCUT2D eigenvalue weighted by Crippen LogP contribution is -2.26. The predicted octanol–water partition coefficient (Wildman–Crippen LogP) is 3.89. The molecule has 21 heavy (non-hydrogen) atoms. The van der Waals surface area contributed by atoms with Crippen molar-refractivity contribution in [3.8, 4) is 5.75 Å². The Kier molecular flexibility index (Phi) is 3.17. The fraction of sp³-hybridized carbons (Fsp3) is 0.333. The van der Waals surface area contributed by atoms with Gasteiger partial charge in [0.1, 0.15) is 5.75 Å². The molecule has 0 amide bonds. The van der Waals surface area contributed by atoms with E-state index >= 15 is 0 Å². The molecule has 2 aromatic carbocycles. The van der Waals surface area contributed by atoms with Gasteiger partial charge in [-0.2, -0.15) is 5.06 Å². The zero-order chi connectivity index (χ0) is 14.2. The Morgan fingerprint density at radius 2 is 1.52 bits per heavy atom. The van der Waals surface area contributed by atoms with E-state index in [1.54, 1.807) is 7.11 Å². The first-order chi connectivity index (χ1) is 10.3. The predicted molar refractivity (Wildman–Crippen MR) is 80.9 cm³/mol. The summed E-state index contributed by atoms with van der Waals surface area (Å²) >= 11 is 0. The second-order valence-corrected chi connectivity index (χ2v) is 5.77. The molecule has 108 valence electrons. The molecule has 3 nitrogen and oxygen atoms in total. The lowest BCUT2D eigenvalue weighted by atomic mass is 9.90. The van der Waals surface area contributed by atoms with Crippen molar-refractivity contribution in [3.05, 3.63) is 65.7 Å². The van der Waals surface area contributed by atoms with E-state index in [-0.39, 0.29) is 0 Å².